The SMILES string of the molecule is O=C(Nc1ccc(N2CCOCC2)cc1)[C@H](O)[C@@H](O)C(=O)N1CCCC1. The Labute approximate surface area is 152 Å². The van der Waals surface area contributed by atoms with Gasteiger partial charge in [-0.25, -0.2) is 0 Å². The van der Waals surface area contributed by atoms with Gasteiger partial charge >= 0.3 is 0 Å². The minimum atomic E-state index is -1.80. The van der Waals surface area contributed by atoms with Crippen LogP contribution in [0.25, 0.3) is 0 Å². The van der Waals surface area contributed by atoms with E-state index in [2.05, 4.69) is 10.2 Å². The molecule has 2 fully saturated rings. The second-order valence-electron chi connectivity index (χ2n) is 6.56. The smallest absolute Gasteiger partial charge is 0.256 e. The van der Waals surface area contributed by atoms with Crippen molar-refractivity contribution in [1.29, 1.82) is 0 Å². The molecule has 2 saturated heterocycles. The number of morpholine rings is 1. The Morgan fingerprint density at radius 1 is 0.962 bits per heavy atom. The van der Waals surface area contributed by atoms with Gasteiger partial charge in [-0.05, 0) is 37.1 Å². The fraction of sp³-hybridized carbons (Fsp3) is 0.556. The molecule has 1 aromatic rings. The van der Waals surface area contributed by atoms with Crippen molar-refractivity contribution < 1.29 is 24.5 Å². The number of anilines is 2. The number of likely N-dealkylation sites (tertiary alicyclic amines) is 1. The van der Waals surface area contributed by atoms with Crippen LogP contribution in [0.1, 0.15) is 12.8 Å². The number of nitrogens with zero attached hydrogens (tertiary/aromatic N) is 2. The van der Waals surface area contributed by atoms with Crippen LogP contribution in [-0.2, 0) is 14.3 Å². The first-order valence-corrected chi connectivity index (χ1v) is 8.95. The summed E-state index contributed by atoms with van der Waals surface area (Å²) in [7, 11) is 0. The molecule has 8 heteroatoms. The summed E-state index contributed by atoms with van der Waals surface area (Å²) in [4.78, 5) is 27.9. The molecule has 26 heavy (non-hydrogen) atoms. The minimum Gasteiger partial charge on any atom is -0.380 e. The molecule has 2 atom stereocenters. The lowest BCUT2D eigenvalue weighted by molar-refractivity contribution is -0.150. The van der Waals surface area contributed by atoms with Gasteiger partial charge in [-0.15, -0.1) is 0 Å². The van der Waals surface area contributed by atoms with E-state index in [1.54, 1.807) is 12.1 Å². The Morgan fingerprint density at radius 2 is 1.58 bits per heavy atom. The summed E-state index contributed by atoms with van der Waals surface area (Å²) >= 11 is 0. The van der Waals surface area contributed by atoms with Crippen molar-refractivity contribution in [1.82, 2.24) is 4.90 Å². The summed E-state index contributed by atoms with van der Waals surface area (Å²) in [6.07, 6.45) is -1.81. The zero-order valence-corrected chi connectivity index (χ0v) is 14.6. The predicted octanol–water partition coefficient (Wildman–Crippen LogP) is -0.194. The zero-order valence-electron chi connectivity index (χ0n) is 14.6. The number of carbonyl (C=O) groups excluding carboxylic acids is 2. The number of hydrogen-bond donors (Lipinski definition) is 3. The fourth-order valence-corrected chi connectivity index (χ4v) is 3.20. The number of ether oxygens (including phenoxy) is 1. The highest BCUT2D eigenvalue weighted by Gasteiger charge is 2.34. The van der Waals surface area contributed by atoms with Crippen molar-refractivity contribution in [3.8, 4) is 0 Å². The van der Waals surface area contributed by atoms with E-state index in [1.165, 1.54) is 4.90 Å². The molecule has 1 aromatic carbocycles. The maximum atomic E-state index is 12.1. The normalized spacial score (nSPS) is 19.9. The Hall–Kier alpha value is -2.16. The number of rotatable bonds is 5. The molecule has 0 bridgehead atoms. The van der Waals surface area contributed by atoms with Crippen LogP contribution in [0.5, 0.6) is 0 Å². The molecule has 2 aliphatic rings. The highest BCUT2D eigenvalue weighted by Crippen LogP contribution is 2.19. The lowest BCUT2D eigenvalue weighted by Crippen LogP contribution is -2.48. The maximum Gasteiger partial charge on any atom is 0.256 e. The molecule has 0 aromatic heterocycles. The van der Waals surface area contributed by atoms with Crippen molar-refractivity contribution in [3.05, 3.63) is 24.3 Å². The zero-order chi connectivity index (χ0) is 18.5. The van der Waals surface area contributed by atoms with Gasteiger partial charge in [0.1, 0.15) is 0 Å². The van der Waals surface area contributed by atoms with Crippen molar-refractivity contribution >= 4 is 23.2 Å². The number of hydrogen-bond acceptors (Lipinski definition) is 6. The molecule has 0 aliphatic carbocycles. The van der Waals surface area contributed by atoms with Crippen LogP contribution in [0, 0.1) is 0 Å². The highest BCUT2D eigenvalue weighted by molar-refractivity contribution is 5.98. The standard InChI is InChI=1S/C18H25N3O5/c22-15(16(23)18(25)21-7-1-2-8-21)17(24)19-13-3-5-14(6-4-13)20-9-11-26-12-10-20/h3-6,15-16,22-23H,1-2,7-12H2,(H,19,24)/t15-,16-/m1/s1. The molecule has 3 N–H and O–H groups in total. The van der Waals surface area contributed by atoms with Gasteiger partial charge in [0.2, 0.25) is 0 Å². The quantitative estimate of drug-likeness (QED) is 0.670. The molecule has 2 heterocycles. The van der Waals surface area contributed by atoms with Crippen LogP contribution in [-0.4, -0.2) is 78.5 Å². The fourth-order valence-electron chi connectivity index (χ4n) is 3.20. The number of benzene rings is 1. The molecule has 2 amide bonds. The van der Waals surface area contributed by atoms with E-state index in [1.807, 2.05) is 12.1 Å². The summed E-state index contributed by atoms with van der Waals surface area (Å²) in [5.74, 6) is -1.41. The van der Waals surface area contributed by atoms with E-state index in [-0.39, 0.29) is 0 Å². The number of carbonyl (C=O) groups is 2. The molecule has 8 nitrogen and oxygen atoms in total. The minimum absolute atomic E-state index is 0.492. The summed E-state index contributed by atoms with van der Waals surface area (Å²) in [6.45, 7) is 4.10. The van der Waals surface area contributed by atoms with E-state index in [9.17, 15) is 19.8 Å². The van der Waals surface area contributed by atoms with Gasteiger partial charge in [0, 0.05) is 37.6 Å². The molecule has 142 valence electrons. The van der Waals surface area contributed by atoms with Crippen LogP contribution in [0.3, 0.4) is 0 Å². The maximum absolute atomic E-state index is 12.1. The summed E-state index contributed by atoms with van der Waals surface area (Å²) in [5.41, 5.74) is 1.52. The average Bonchev–Trinajstić information content (AvgIpc) is 3.22. The summed E-state index contributed by atoms with van der Waals surface area (Å²) in [5, 5.41) is 22.5. The second-order valence-corrected chi connectivity index (χ2v) is 6.56. The van der Waals surface area contributed by atoms with Crippen LogP contribution < -0.4 is 10.2 Å². The molecule has 3 rings (SSSR count). The van der Waals surface area contributed by atoms with Crippen LogP contribution in [0.15, 0.2) is 24.3 Å². The number of nitrogens with one attached hydrogen (secondary N) is 1. The van der Waals surface area contributed by atoms with Gasteiger partial charge in [-0.3, -0.25) is 9.59 Å². The van der Waals surface area contributed by atoms with Gasteiger partial charge in [0.15, 0.2) is 12.2 Å². The molecular formula is C18H25N3O5. The van der Waals surface area contributed by atoms with Crippen molar-refractivity contribution in [2.75, 3.05) is 49.6 Å². The first-order valence-electron chi connectivity index (χ1n) is 8.95. The number of aliphatic hydroxyl groups is 2. The van der Waals surface area contributed by atoms with Crippen LogP contribution in [0.4, 0.5) is 11.4 Å². The molecule has 2 aliphatic heterocycles. The predicted molar refractivity (Wildman–Crippen MR) is 95.9 cm³/mol. The average molecular weight is 363 g/mol. The number of aliphatic hydroxyl groups excluding tert-OH is 2. The number of amides is 2. The van der Waals surface area contributed by atoms with Crippen LogP contribution >= 0.6 is 0 Å². The van der Waals surface area contributed by atoms with E-state index in [0.717, 1.165) is 31.6 Å². The summed E-state index contributed by atoms with van der Waals surface area (Å²) in [6, 6.07) is 7.20. The topological polar surface area (TPSA) is 102 Å². The monoisotopic (exact) mass is 363 g/mol. The highest BCUT2D eigenvalue weighted by atomic mass is 16.5. The van der Waals surface area contributed by atoms with Crippen molar-refractivity contribution in [2.45, 2.75) is 25.0 Å². The van der Waals surface area contributed by atoms with E-state index in [0.29, 0.717) is 32.0 Å². The largest absolute Gasteiger partial charge is 0.380 e. The lowest BCUT2D eigenvalue weighted by Gasteiger charge is -2.29. The molecule has 0 unspecified atom stereocenters. The van der Waals surface area contributed by atoms with Gasteiger partial charge in [-0.1, -0.05) is 0 Å². The first kappa shape index (κ1) is 18.6. The Morgan fingerprint density at radius 3 is 2.19 bits per heavy atom. The van der Waals surface area contributed by atoms with Crippen LogP contribution in [0.2, 0.25) is 0 Å². The summed E-state index contributed by atoms with van der Waals surface area (Å²) < 4.78 is 5.32. The first-order chi connectivity index (χ1) is 12.6. The van der Waals surface area contributed by atoms with E-state index in [4.69, 9.17) is 4.74 Å². The molecular weight excluding hydrogens is 338 g/mol. The van der Waals surface area contributed by atoms with Gasteiger partial charge in [-0.2, -0.15) is 0 Å². The third kappa shape index (κ3) is 4.32. The third-order valence-corrected chi connectivity index (χ3v) is 4.75. The second kappa shape index (κ2) is 8.48. The Bertz CT molecular complexity index is 624. The van der Waals surface area contributed by atoms with E-state index >= 15 is 0 Å². The van der Waals surface area contributed by atoms with Crippen molar-refractivity contribution in [2.24, 2.45) is 0 Å². The van der Waals surface area contributed by atoms with Gasteiger partial charge in [0.05, 0.1) is 13.2 Å². The van der Waals surface area contributed by atoms with Gasteiger partial charge < -0.3 is 30.1 Å². The lowest BCUT2D eigenvalue weighted by atomic mass is 10.1. The van der Waals surface area contributed by atoms with Crippen molar-refractivity contribution in [3.63, 3.8) is 0 Å². The third-order valence-electron chi connectivity index (χ3n) is 4.75. The molecule has 0 radical (unpaired) electrons. The molecule has 0 spiro atoms. The van der Waals surface area contributed by atoms with Gasteiger partial charge in [0.25, 0.3) is 11.8 Å². The van der Waals surface area contributed by atoms with E-state index < -0.39 is 24.0 Å². The Kier molecular flexibility index (Phi) is 6.08. The molecule has 0 saturated carbocycles. The Balaban J connectivity index is 1.55.